The topological polar surface area (TPSA) is 51.5 Å². The number of hydrogen-bond donors (Lipinski definition) is 0. The quantitative estimate of drug-likeness (QED) is 0.248. The van der Waals surface area contributed by atoms with Crippen molar-refractivity contribution in [2.75, 3.05) is 20.3 Å². The molecule has 0 atom stereocenters. The minimum Gasteiger partial charge on any atom is -0.385 e. The number of para-hydroxylation sites is 1. The van der Waals surface area contributed by atoms with E-state index in [2.05, 4.69) is 108 Å². The van der Waals surface area contributed by atoms with Crippen LogP contribution in [0.15, 0.2) is 81.7 Å². The maximum absolute atomic E-state index is 14.2. The van der Waals surface area contributed by atoms with Crippen LogP contribution in [0.4, 0.5) is 0 Å². The van der Waals surface area contributed by atoms with E-state index in [9.17, 15) is 9.59 Å². The van der Waals surface area contributed by atoms with Crippen LogP contribution in [0.25, 0.3) is 10.9 Å². The van der Waals surface area contributed by atoms with Crippen LogP contribution < -0.4 is 0 Å². The normalized spacial score (nSPS) is 20.4. The maximum atomic E-state index is 14.2. The lowest BCUT2D eigenvalue weighted by atomic mass is 9.63. The van der Waals surface area contributed by atoms with Crippen LogP contribution in [0.3, 0.4) is 0 Å². The molecule has 6 heteroatoms. The molecule has 6 rings (SSSR count). The van der Waals surface area contributed by atoms with Crippen LogP contribution in [-0.2, 0) is 20.9 Å². The van der Waals surface area contributed by atoms with Crippen molar-refractivity contribution < 1.29 is 14.3 Å². The molecule has 3 aliphatic rings. The number of carbonyl (C=O) groups excluding carboxylic acids is 2. The van der Waals surface area contributed by atoms with Crippen LogP contribution in [0.2, 0.25) is 0 Å². The third-order valence-electron chi connectivity index (χ3n) is 9.15. The zero-order chi connectivity index (χ0) is 29.8. The van der Waals surface area contributed by atoms with Crippen LogP contribution in [0.5, 0.6) is 0 Å². The molecule has 0 N–H and O–H groups in total. The monoisotopic (exact) mass is 628 g/mol. The van der Waals surface area contributed by atoms with Crippen molar-refractivity contribution in [1.29, 1.82) is 0 Å². The smallest absolute Gasteiger partial charge is 0.162 e. The summed E-state index contributed by atoms with van der Waals surface area (Å²) in [6, 6.07) is 16.9. The Morgan fingerprint density at radius 3 is 2.05 bits per heavy atom. The van der Waals surface area contributed by atoms with Gasteiger partial charge >= 0.3 is 0 Å². The molecule has 0 saturated carbocycles. The van der Waals surface area contributed by atoms with E-state index in [0.29, 0.717) is 26.0 Å². The molecule has 0 radical (unpaired) electrons. The Balaban J connectivity index is 1.58. The van der Waals surface area contributed by atoms with Gasteiger partial charge in [-0.2, -0.15) is 0 Å². The zero-order valence-corrected chi connectivity index (χ0v) is 27.0. The summed E-state index contributed by atoms with van der Waals surface area (Å²) in [5.74, 6) is 0.00535. The van der Waals surface area contributed by atoms with Gasteiger partial charge in [-0.3, -0.25) is 9.59 Å². The van der Waals surface area contributed by atoms with Gasteiger partial charge in [-0.1, -0.05) is 74.0 Å². The highest BCUT2D eigenvalue weighted by Crippen LogP contribution is 2.55. The molecule has 1 aromatic heterocycles. The first-order chi connectivity index (χ1) is 20.0. The summed E-state index contributed by atoms with van der Waals surface area (Å²) >= 11 is 3.55. The summed E-state index contributed by atoms with van der Waals surface area (Å²) in [4.78, 5) is 30.8. The van der Waals surface area contributed by atoms with Gasteiger partial charge in [0.2, 0.25) is 0 Å². The van der Waals surface area contributed by atoms with Crippen molar-refractivity contribution in [3.63, 3.8) is 0 Å². The zero-order valence-electron chi connectivity index (χ0n) is 25.4. The number of halogens is 1. The Bertz CT molecular complexity index is 1570. The number of benzene rings is 2. The van der Waals surface area contributed by atoms with E-state index in [1.54, 1.807) is 7.11 Å². The Hall–Kier alpha value is -2.96. The van der Waals surface area contributed by atoms with Gasteiger partial charge in [0, 0.05) is 89.7 Å². The number of aromatic nitrogens is 1. The number of methoxy groups -OCH3 is 1. The van der Waals surface area contributed by atoms with Crippen molar-refractivity contribution in [3.8, 4) is 0 Å². The predicted molar refractivity (Wildman–Crippen MR) is 171 cm³/mol. The standard InChI is InChI=1S/C36H41BrN2O3/c1-35(2)17-28-33(30(40)19-35)32(34-29(39(28)15-8-16-42-5)18-36(3,4)20-31(34)41)26-22-38(27-10-7-6-9-25(26)27)21-23-11-13-24(37)14-12-23/h6-7,9-14,22,32H,8,15-21H2,1-5H3. The fraction of sp³-hybridized carbons (Fsp3) is 0.444. The molecule has 3 aromatic rings. The van der Waals surface area contributed by atoms with Crippen LogP contribution >= 0.6 is 15.9 Å². The fourth-order valence-electron chi connectivity index (χ4n) is 7.42. The summed E-state index contributed by atoms with van der Waals surface area (Å²) in [5, 5.41) is 1.11. The van der Waals surface area contributed by atoms with E-state index in [-0.39, 0.29) is 28.3 Å². The first-order valence-electron chi connectivity index (χ1n) is 15.1. The van der Waals surface area contributed by atoms with Gasteiger partial charge in [-0.05, 0) is 59.4 Å². The van der Waals surface area contributed by atoms with E-state index in [4.69, 9.17) is 4.74 Å². The number of ketones is 2. The molecule has 220 valence electrons. The van der Waals surface area contributed by atoms with Crippen molar-refractivity contribution in [2.24, 2.45) is 10.8 Å². The van der Waals surface area contributed by atoms with Gasteiger partial charge in [0.1, 0.15) is 0 Å². The Kier molecular flexibility index (Phi) is 7.59. The summed E-state index contributed by atoms with van der Waals surface area (Å²) in [6.07, 6.45) is 5.68. The molecule has 1 aliphatic heterocycles. The molecule has 0 saturated heterocycles. The first-order valence-corrected chi connectivity index (χ1v) is 15.9. The molecule has 0 bridgehead atoms. The van der Waals surface area contributed by atoms with E-state index in [1.165, 1.54) is 5.56 Å². The molecule has 0 spiro atoms. The largest absolute Gasteiger partial charge is 0.385 e. The van der Waals surface area contributed by atoms with Crippen molar-refractivity contribution in [1.82, 2.24) is 9.47 Å². The molecule has 0 amide bonds. The Morgan fingerprint density at radius 1 is 0.857 bits per heavy atom. The number of Topliss-reactive ketones (excluding diaryl/α,β-unsaturated/α-hetero) is 2. The summed E-state index contributed by atoms with van der Waals surface area (Å²) in [6.45, 7) is 10.9. The number of ether oxygens (including phenoxy) is 1. The molecule has 0 fully saturated rings. The molecular formula is C36H41BrN2O3. The van der Waals surface area contributed by atoms with E-state index in [1.807, 2.05) is 0 Å². The predicted octanol–water partition coefficient (Wildman–Crippen LogP) is 8.17. The molecule has 2 aromatic carbocycles. The lowest BCUT2D eigenvalue weighted by Gasteiger charge is -2.49. The lowest BCUT2D eigenvalue weighted by Crippen LogP contribution is -2.44. The number of rotatable bonds is 7. The molecule has 2 heterocycles. The van der Waals surface area contributed by atoms with E-state index in [0.717, 1.165) is 69.3 Å². The molecular weight excluding hydrogens is 588 g/mol. The highest BCUT2D eigenvalue weighted by Gasteiger charge is 2.49. The second-order valence-corrected chi connectivity index (χ2v) is 14.8. The third-order valence-corrected chi connectivity index (χ3v) is 9.68. The highest BCUT2D eigenvalue weighted by atomic mass is 79.9. The maximum Gasteiger partial charge on any atom is 0.162 e. The Morgan fingerprint density at radius 2 is 1.45 bits per heavy atom. The van der Waals surface area contributed by atoms with Gasteiger partial charge in [-0.25, -0.2) is 0 Å². The molecule has 5 nitrogen and oxygen atoms in total. The number of fused-ring (bicyclic) bond motifs is 1. The average Bonchev–Trinajstić information content (AvgIpc) is 3.27. The summed E-state index contributed by atoms with van der Waals surface area (Å²) < 4.78 is 8.77. The summed E-state index contributed by atoms with van der Waals surface area (Å²) in [5.41, 5.74) is 7.02. The molecule has 0 unspecified atom stereocenters. The lowest BCUT2D eigenvalue weighted by molar-refractivity contribution is -0.119. The number of allylic oxidation sites excluding steroid dienone is 4. The first kappa shape index (κ1) is 29.1. The van der Waals surface area contributed by atoms with E-state index >= 15 is 0 Å². The number of hydrogen-bond acceptors (Lipinski definition) is 4. The van der Waals surface area contributed by atoms with Gasteiger partial charge in [0.25, 0.3) is 0 Å². The number of carbonyl (C=O) groups is 2. The van der Waals surface area contributed by atoms with Gasteiger partial charge in [0.15, 0.2) is 11.6 Å². The fourth-order valence-corrected chi connectivity index (χ4v) is 7.68. The summed E-state index contributed by atoms with van der Waals surface area (Å²) in [7, 11) is 1.73. The minimum atomic E-state index is -0.350. The van der Waals surface area contributed by atoms with Crippen LogP contribution in [-0.4, -0.2) is 41.3 Å². The van der Waals surface area contributed by atoms with Crippen molar-refractivity contribution >= 4 is 38.4 Å². The molecule has 42 heavy (non-hydrogen) atoms. The third kappa shape index (κ3) is 5.33. The van der Waals surface area contributed by atoms with Crippen LogP contribution in [0.1, 0.15) is 76.8 Å². The minimum absolute atomic E-state index is 0.137. The second kappa shape index (κ2) is 10.9. The Labute approximate surface area is 257 Å². The van der Waals surface area contributed by atoms with Crippen LogP contribution in [0, 0.1) is 10.8 Å². The molecule has 2 aliphatic carbocycles. The highest BCUT2D eigenvalue weighted by molar-refractivity contribution is 9.10. The SMILES string of the molecule is COCCCN1C2=C(C(=O)CC(C)(C)C2)C(c2cn(Cc3ccc(Br)cc3)c3ccccc23)C2=C1CC(C)(C)CC2=O. The average molecular weight is 630 g/mol. The number of nitrogens with zero attached hydrogens (tertiary/aromatic N) is 2. The van der Waals surface area contributed by atoms with Gasteiger partial charge < -0.3 is 14.2 Å². The second-order valence-electron chi connectivity index (χ2n) is 13.9. The van der Waals surface area contributed by atoms with Crippen molar-refractivity contribution in [3.05, 3.63) is 92.9 Å². The van der Waals surface area contributed by atoms with Crippen molar-refractivity contribution in [2.45, 2.75) is 72.3 Å². The van der Waals surface area contributed by atoms with Gasteiger partial charge in [0.05, 0.1) is 0 Å². The van der Waals surface area contributed by atoms with E-state index < -0.39 is 0 Å². The van der Waals surface area contributed by atoms with Gasteiger partial charge in [-0.15, -0.1) is 0 Å².